The first-order valence-electron chi connectivity index (χ1n) is 11.2. The molecule has 0 spiro atoms. The Kier molecular flexibility index (Phi) is 6.01. The Morgan fingerprint density at radius 1 is 1.13 bits per heavy atom. The van der Waals surface area contributed by atoms with Crippen LogP contribution in [0, 0.1) is 6.92 Å². The number of nitrogens with one attached hydrogen (secondary N) is 2. The molecule has 0 unspecified atom stereocenters. The number of rotatable bonds is 6. The lowest BCUT2D eigenvalue weighted by Crippen LogP contribution is -2.44. The van der Waals surface area contributed by atoms with Gasteiger partial charge in [0.2, 0.25) is 0 Å². The number of aryl methyl sites for hydroxylation is 1. The number of nitrogens with zero attached hydrogens (tertiary/aromatic N) is 1. The number of anilines is 1. The zero-order valence-electron chi connectivity index (χ0n) is 19.0. The van der Waals surface area contributed by atoms with Crippen LogP contribution in [0.2, 0.25) is 0 Å². The fourth-order valence-corrected chi connectivity index (χ4v) is 4.63. The van der Waals surface area contributed by atoms with Crippen LogP contribution in [0.4, 0.5) is 5.69 Å². The zero-order valence-corrected chi connectivity index (χ0v) is 19.0. The molecule has 4 heteroatoms. The van der Waals surface area contributed by atoms with Crippen molar-refractivity contribution in [3.63, 3.8) is 0 Å². The van der Waals surface area contributed by atoms with Crippen LogP contribution >= 0.6 is 0 Å². The molecule has 1 aliphatic rings. The Morgan fingerprint density at radius 2 is 1.90 bits per heavy atom. The van der Waals surface area contributed by atoms with E-state index in [1.165, 1.54) is 23.6 Å². The van der Waals surface area contributed by atoms with Crippen molar-refractivity contribution in [3.8, 4) is 0 Å². The lowest BCUT2D eigenvalue weighted by Gasteiger charge is -2.32. The van der Waals surface area contributed by atoms with Gasteiger partial charge < -0.3 is 10.6 Å². The van der Waals surface area contributed by atoms with E-state index in [1.54, 1.807) is 0 Å². The number of likely N-dealkylation sites (tertiary alicyclic amines) is 1. The lowest BCUT2D eigenvalue weighted by atomic mass is 9.98. The highest BCUT2D eigenvalue weighted by molar-refractivity contribution is 5.97. The fraction of sp³-hybridized carbons (Fsp3) is 0.370. The Balaban J connectivity index is 1.49. The van der Waals surface area contributed by atoms with Crippen LogP contribution in [0.3, 0.4) is 0 Å². The topological polar surface area (TPSA) is 44.4 Å². The van der Waals surface area contributed by atoms with Gasteiger partial charge in [-0.25, -0.2) is 0 Å². The zero-order chi connectivity index (χ0) is 22.0. The van der Waals surface area contributed by atoms with Crippen LogP contribution in [0.5, 0.6) is 0 Å². The number of carbonyl (C=O) groups excluding carboxylic acids is 1. The number of amides is 1. The Labute approximate surface area is 185 Å². The second-order valence-corrected chi connectivity index (χ2v) is 9.17. The SMILES string of the molecule is Cc1ccc(NC[C@@]2(C)CCCN2C)cc1C(=O)N[C@H](C)c1cccc2ccccc12. The van der Waals surface area contributed by atoms with E-state index < -0.39 is 0 Å². The van der Waals surface area contributed by atoms with E-state index in [4.69, 9.17) is 0 Å². The molecular formula is C27H33N3O. The molecule has 0 bridgehead atoms. The van der Waals surface area contributed by atoms with Gasteiger partial charge in [0.1, 0.15) is 0 Å². The Bertz CT molecular complexity index is 1090. The smallest absolute Gasteiger partial charge is 0.252 e. The quantitative estimate of drug-likeness (QED) is 0.556. The largest absolute Gasteiger partial charge is 0.383 e. The first kappa shape index (κ1) is 21.4. The van der Waals surface area contributed by atoms with E-state index in [1.807, 2.05) is 38.1 Å². The molecule has 3 aromatic carbocycles. The highest BCUT2D eigenvalue weighted by Gasteiger charge is 2.33. The third kappa shape index (κ3) is 4.45. The molecule has 2 atom stereocenters. The number of benzene rings is 3. The summed E-state index contributed by atoms with van der Waals surface area (Å²) in [4.78, 5) is 15.6. The summed E-state index contributed by atoms with van der Waals surface area (Å²) in [6.07, 6.45) is 2.43. The molecular weight excluding hydrogens is 382 g/mol. The van der Waals surface area contributed by atoms with Crippen LogP contribution in [-0.2, 0) is 0 Å². The summed E-state index contributed by atoms with van der Waals surface area (Å²) < 4.78 is 0. The highest BCUT2D eigenvalue weighted by atomic mass is 16.1. The van der Waals surface area contributed by atoms with Crippen molar-refractivity contribution in [3.05, 3.63) is 77.4 Å². The molecule has 162 valence electrons. The fourth-order valence-electron chi connectivity index (χ4n) is 4.63. The van der Waals surface area contributed by atoms with E-state index in [0.29, 0.717) is 0 Å². The average Bonchev–Trinajstić information content (AvgIpc) is 3.11. The molecule has 0 saturated carbocycles. The van der Waals surface area contributed by atoms with Gasteiger partial charge in [-0.3, -0.25) is 9.69 Å². The third-order valence-electron chi connectivity index (χ3n) is 6.92. The first-order chi connectivity index (χ1) is 14.9. The van der Waals surface area contributed by atoms with Crippen LogP contribution in [-0.4, -0.2) is 36.5 Å². The summed E-state index contributed by atoms with van der Waals surface area (Å²) in [5.74, 6) is -0.0363. The summed E-state index contributed by atoms with van der Waals surface area (Å²) in [5, 5.41) is 9.15. The normalized spacial score (nSPS) is 20.0. The second-order valence-electron chi connectivity index (χ2n) is 9.17. The third-order valence-corrected chi connectivity index (χ3v) is 6.92. The number of hydrogen-bond donors (Lipinski definition) is 2. The van der Waals surface area contributed by atoms with Gasteiger partial charge in [0.25, 0.3) is 5.91 Å². The summed E-state index contributed by atoms with van der Waals surface area (Å²) in [6, 6.07) is 20.6. The van der Waals surface area contributed by atoms with Crippen molar-refractivity contribution in [1.29, 1.82) is 0 Å². The number of fused-ring (bicyclic) bond motifs is 1. The van der Waals surface area contributed by atoms with E-state index in [2.05, 4.69) is 65.9 Å². The van der Waals surface area contributed by atoms with Gasteiger partial charge in [-0.15, -0.1) is 0 Å². The highest BCUT2D eigenvalue weighted by Crippen LogP contribution is 2.28. The Morgan fingerprint density at radius 3 is 2.68 bits per heavy atom. The average molecular weight is 416 g/mol. The van der Waals surface area contributed by atoms with Gasteiger partial charge >= 0.3 is 0 Å². The predicted octanol–water partition coefficient (Wildman–Crippen LogP) is 5.54. The van der Waals surface area contributed by atoms with E-state index in [0.717, 1.165) is 35.5 Å². The van der Waals surface area contributed by atoms with Crippen LogP contribution in [0.1, 0.15) is 54.2 Å². The molecule has 1 aliphatic heterocycles. The van der Waals surface area contributed by atoms with Crippen molar-refractivity contribution < 1.29 is 4.79 Å². The van der Waals surface area contributed by atoms with Gasteiger partial charge in [-0.1, -0.05) is 48.5 Å². The minimum atomic E-state index is -0.0827. The molecule has 1 heterocycles. The van der Waals surface area contributed by atoms with Crippen molar-refractivity contribution in [2.45, 2.75) is 45.2 Å². The van der Waals surface area contributed by atoms with E-state index >= 15 is 0 Å². The van der Waals surface area contributed by atoms with Gasteiger partial charge in [0, 0.05) is 23.3 Å². The molecule has 1 fully saturated rings. The van der Waals surface area contributed by atoms with Crippen molar-refractivity contribution >= 4 is 22.4 Å². The second kappa shape index (κ2) is 8.72. The van der Waals surface area contributed by atoms with Crippen molar-refractivity contribution in [1.82, 2.24) is 10.2 Å². The van der Waals surface area contributed by atoms with Crippen LogP contribution in [0.25, 0.3) is 10.8 Å². The molecule has 0 radical (unpaired) electrons. The summed E-state index contributed by atoms with van der Waals surface area (Å²) >= 11 is 0. The molecule has 31 heavy (non-hydrogen) atoms. The van der Waals surface area contributed by atoms with Crippen LogP contribution in [0.15, 0.2) is 60.7 Å². The van der Waals surface area contributed by atoms with Crippen LogP contribution < -0.4 is 10.6 Å². The molecule has 1 amide bonds. The number of hydrogen-bond acceptors (Lipinski definition) is 3. The van der Waals surface area contributed by atoms with E-state index in [-0.39, 0.29) is 17.5 Å². The first-order valence-corrected chi connectivity index (χ1v) is 11.2. The minimum absolute atomic E-state index is 0.0363. The molecule has 3 aromatic rings. The molecule has 0 aliphatic carbocycles. The van der Waals surface area contributed by atoms with E-state index in [9.17, 15) is 4.79 Å². The van der Waals surface area contributed by atoms with Crippen molar-refractivity contribution in [2.75, 3.05) is 25.5 Å². The standard InChI is InChI=1S/C27H33N3O/c1-19-13-14-22(28-18-27(3)15-8-16-30(27)4)17-25(19)26(31)29-20(2)23-12-7-10-21-9-5-6-11-24(21)23/h5-7,9-14,17,20,28H,8,15-16,18H2,1-4H3,(H,29,31)/t20-,27-/m1/s1. The predicted molar refractivity (Wildman–Crippen MR) is 130 cm³/mol. The maximum atomic E-state index is 13.2. The monoisotopic (exact) mass is 415 g/mol. The Hall–Kier alpha value is -2.85. The van der Waals surface area contributed by atoms with Crippen molar-refractivity contribution in [2.24, 2.45) is 0 Å². The lowest BCUT2D eigenvalue weighted by molar-refractivity contribution is 0.0939. The number of likely N-dealkylation sites (N-methyl/N-ethyl adjacent to an activating group) is 1. The summed E-state index contributed by atoms with van der Waals surface area (Å²) in [5.41, 5.74) is 4.00. The summed E-state index contributed by atoms with van der Waals surface area (Å²) in [6.45, 7) is 8.37. The molecule has 2 N–H and O–H groups in total. The molecule has 4 rings (SSSR count). The summed E-state index contributed by atoms with van der Waals surface area (Å²) in [7, 11) is 2.19. The van der Waals surface area contributed by atoms with Gasteiger partial charge in [-0.05, 0) is 81.2 Å². The van der Waals surface area contributed by atoms with Gasteiger partial charge in [0.15, 0.2) is 0 Å². The number of carbonyl (C=O) groups is 1. The molecule has 1 saturated heterocycles. The van der Waals surface area contributed by atoms with Gasteiger partial charge in [-0.2, -0.15) is 0 Å². The molecule has 4 nitrogen and oxygen atoms in total. The van der Waals surface area contributed by atoms with Gasteiger partial charge in [0.05, 0.1) is 6.04 Å². The maximum absolute atomic E-state index is 13.2. The molecule has 0 aromatic heterocycles. The maximum Gasteiger partial charge on any atom is 0.252 e. The minimum Gasteiger partial charge on any atom is -0.383 e.